The lowest BCUT2D eigenvalue weighted by Crippen LogP contribution is -2.25. The van der Waals surface area contributed by atoms with E-state index in [1.165, 1.54) is 19.2 Å². The van der Waals surface area contributed by atoms with Gasteiger partial charge in [-0.2, -0.15) is 0 Å². The number of hydrogen-bond donors (Lipinski definition) is 3. The number of rotatable bonds is 8. The first kappa shape index (κ1) is 15.3. The van der Waals surface area contributed by atoms with Crippen molar-refractivity contribution in [1.29, 1.82) is 0 Å². The number of carbonyl (C=O) groups excluding carboxylic acids is 1. The first-order valence-corrected chi connectivity index (χ1v) is 6.03. The molecule has 0 saturated heterocycles. The third-order valence-corrected chi connectivity index (χ3v) is 2.43. The van der Waals surface area contributed by atoms with Gasteiger partial charge < -0.3 is 25.0 Å². The molecule has 0 heterocycles. The van der Waals surface area contributed by atoms with Crippen LogP contribution in [0.2, 0.25) is 0 Å². The average molecular weight is 269 g/mol. The fourth-order valence-electron chi connectivity index (χ4n) is 1.46. The van der Waals surface area contributed by atoms with Gasteiger partial charge in [0.15, 0.2) is 0 Å². The molecule has 6 heteroatoms. The molecule has 1 aromatic rings. The zero-order valence-corrected chi connectivity index (χ0v) is 10.9. The summed E-state index contributed by atoms with van der Waals surface area (Å²) in [6, 6.07) is 4.47. The molecule has 0 aliphatic heterocycles. The van der Waals surface area contributed by atoms with Crippen LogP contribution < -0.4 is 10.1 Å². The molecule has 0 bridgehead atoms. The van der Waals surface area contributed by atoms with Crippen molar-refractivity contribution < 1.29 is 24.5 Å². The highest BCUT2D eigenvalue weighted by molar-refractivity contribution is 5.97. The Hall–Kier alpha value is -1.79. The highest BCUT2D eigenvalue weighted by atomic mass is 16.5. The average Bonchev–Trinajstić information content (AvgIpc) is 2.43. The van der Waals surface area contributed by atoms with Crippen LogP contribution in [0.1, 0.15) is 16.8 Å². The number of hydrogen-bond acceptors (Lipinski definition) is 5. The van der Waals surface area contributed by atoms with E-state index in [1.54, 1.807) is 6.07 Å². The van der Waals surface area contributed by atoms with Crippen molar-refractivity contribution in [2.75, 3.05) is 33.5 Å². The Kier molecular flexibility index (Phi) is 6.70. The molecule has 3 N–H and O–H groups in total. The first-order chi connectivity index (χ1) is 9.19. The zero-order valence-electron chi connectivity index (χ0n) is 10.9. The zero-order chi connectivity index (χ0) is 14.1. The Labute approximate surface area is 112 Å². The van der Waals surface area contributed by atoms with Crippen LogP contribution in [0.4, 0.5) is 0 Å². The smallest absolute Gasteiger partial charge is 0.255 e. The molecule has 0 radical (unpaired) electrons. The van der Waals surface area contributed by atoms with Gasteiger partial charge in [-0.3, -0.25) is 4.79 Å². The van der Waals surface area contributed by atoms with Crippen LogP contribution in [0.3, 0.4) is 0 Å². The second kappa shape index (κ2) is 8.34. The van der Waals surface area contributed by atoms with E-state index in [0.717, 1.165) is 0 Å². The van der Waals surface area contributed by atoms with E-state index in [4.69, 9.17) is 14.6 Å². The summed E-state index contributed by atoms with van der Waals surface area (Å²) in [5.74, 6) is 0.0580. The van der Waals surface area contributed by atoms with E-state index < -0.39 is 0 Å². The number of aliphatic hydroxyl groups is 1. The molecule has 0 aliphatic carbocycles. The molecule has 19 heavy (non-hydrogen) atoms. The first-order valence-electron chi connectivity index (χ1n) is 6.03. The van der Waals surface area contributed by atoms with Crippen LogP contribution in [0.15, 0.2) is 18.2 Å². The van der Waals surface area contributed by atoms with Crippen molar-refractivity contribution in [3.63, 3.8) is 0 Å². The Morgan fingerprint density at radius 2 is 2.16 bits per heavy atom. The van der Waals surface area contributed by atoms with Crippen molar-refractivity contribution >= 4 is 5.91 Å². The van der Waals surface area contributed by atoms with Gasteiger partial charge >= 0.3 is 0 Å². The number of methoxy groups -OCH3 is 1. The van der Waals surface area contributed by atoms with Crippen molar-refractivity contribution in [2.24, 2.45) is 0 Å². The number of phenolic OH excluding ortho intramolecular Hbond substituents is 1. The Balaban J connectivity index is 2.40. The van der Waals surface area contributed by atoms with E-state index in [-0.39, 0.29) is 23.8 Å². The summed E-state index contributed by atoms with van der Waals surface area (Å²) in [4.78, 5) is 11.8. The summed E-state index contributed by atoms with van der Waals surface area (Å²) in [6.45, 7) is 1.18. The minimum Gasteiger partial charge on any atom is -0.507 e. The van der Waals surface area contributed by atoms with Crippen molar-refractivity contribution in [3.8, 4) is 11.5 Å². The molecular formula is C13H19NO5. The minimum absolute atomic E-state index is 0.00988. The molecule has 0 aliphatic rings. The quantitative estimate of drug-likeness (QED) is 0.599. The monoisotopic (exact) mass is 269 g/mol. The summed E-state index contributed by atoms with van der Waals surface area (Å²) < 4.78 is 10.1. The molecule has 1 amide bonds. The maximum Gasteiger partial charge on any atom is 0.255 e. The molecular weight excluding hydrogens is 250 g/mol. The summed E-state index contributed by atoms with van der Waals surface area (Å²) in [7, 11) is 1.49. The fraction of sp³-hybridized carbons (Fsp3) is 0.462. The standard InChI is InChI=1S/C13H19NO5/c1-18-10-3-4-12(16)11(9-10)13(17)14-5-2-7-19-8-6-15/h3-4,9,15-16H,2,5-8H2,1H3,(H,14,17). The van der Waals surface area contributed by atoms with E-state index in [9.17, 15) is 9.90 Å². The number of benzene rings is 1. The number of phenols is 1. The fourth-order valence-corrected chi connectivity index (χ4v) is 1.46. The summed E-state index contributed by atoms with van der Waals surface area (Å²) >= 11 is 0. The predicted octanol–water partition coefficient (Wildman–Crippen LogP) is 0.530. The Morgan fingerprint density at radius 3 is 2.84 bits per heavy atom. The molecule has 0 saturated carbocycles. The second-order valence-corrected chi connectivity index (χ2v) is 3.83. The minimum atomic E-state index is -0.362. The molecule has 0 unspecified atom stereocenters. The lowest BCUT2D eigenvalue weighted by molar-refractivity contribution is 0.0866. The van der Waals surface area contributed by atoms with Crippen molar-refractivity contribution in [3.05, 3.63) is 23.8 Å². The molecule has 0 fully saturated rings. The lowest BCUT2D eigenvalue weighted by atomic mass is 10.1. The van der Waals surface area contributed by atoms with Crippen molar-refractivity contribution in [2.45, 2.75) is 6.42 Å². The molecule has 0 aromatic heterocycles. The van der Waals surface area contributed by atoms with Gasteiger partial charge in [0.05, 0.1) is 25.9 Å². The number of carbonyl (C=O) groups is 1. The maximum atomic E-state index is 11.8. The number of nitrogens with one attached hydrogen (secondary N) is 1. The van der Waals surface area contributed by atoms with Crippen molar-refractivity contribution in [1.82, 2.24) is 5.32 Å². The van der Waals surface area contributed by atoms with Gasteiger partial charge in [-0.05, 0) is 24.6 Å². The van der Waals surface area contributed by atoms with E-state index in [1.807, 2.05) is 0 Å². The van der Waals surface area contributed by atoms with Crippen LogP contribution in [-0.4, -0.2) is 49.6 Å². The van der Waals surface area contributed by atoms with Gasteiger partial charge in [-0.25, -0.2) is 0 Å². The van der Waals surface area contributed by atoms with Crippen LogP contribution >= 0.6 is 0 Å². The SMILES string of the molecule is COc1ccc(O)c(C(=O)NCCCOCCO)c1. The summed E-state index contributed by atoms with van der Waals surface area (Å²) in [5.41, 5.74) is 0.177. The summed E-state index contributed by atoms with van der Waals surface area (Å²) in [6.07, 6.45) is 0.635. The highest BCUT2D eigenvalue weighted by Crippen LogP contribution is 2.22. The van der Waals surface area contributed by atoms with Crippen LogP contribution in [0, 0.1) is 0 Å². The molecule has 1 aromatic carbocycles. The van der Waals surface area contributed by atoms with Gasteiger partial charge in [0.2, 0.25) is 0 Å². The number of ether oxygens (including phenoxy) is 2. The molecule has 0 atom stereocenters. The molecule has 106 valence electrons. The normalized spacial score (nSPS) is 10.2. The third-order valence-electron chi connectivity index (χ3n) is 2.43. The number of aromatic hydroxyl groups is 1. The van der Waals surface area contributed by atoms with E-state index >= 15 is 0 Å². The van der Waals surface area contributed by atoms with Gasteiger partial charge in [0.1, 0.15) is 11.5 Å². The topological polar surface area (TPSA) is 88.0 Å². The van der Waals surface area contributed by atoms with Crippen LogP contribution in [0.5, 0.6) is 11.5 Å². The van der Waals surface area contributed by atoms with E-state index in [0.29, 0.717) is 31.9 Å². The molecule has 0 spiro atoms. The van der Waals surface area contributed by atoms with Gasteiger partial charge in [0.25, 0.3) is 5.91 Å². The predicted molar refractivity (Wildman–Crippen MR) is 69.5 cm³/mol. The third kappa shape index (κ3) is 5.15. The Morgan fingerprint density at radius 1 is 1.37 bits per heavy atom. The highest BCUT2D eigenvalue weighted by Gasteiger charge is 2.11. The van der Waals surface area contributed by atoms with E-state index in [2.05, 4.69) is 5.32 Å². The number of aliphatic hydroxyl groups excluding tert-OH is 1. The largest absolute Gasteiger partial charge is 0.507 e. The maximum absolute atomic E-state index is 11.8. The van der Waals surface area contributed by atoms with Gasteiger partial charge in [0, 0.05) is 13.2 Å². The summed E-state index contributed by atoms with van der Waals surface area (Å²) in [5, 5.41) is 20.8. The molecule has 6 nitrogen and oxygen atoms in total. The number of amides is 1. The van der Waals surface area contributed by atoms with Crippen LogP contribution in [0.25, 0.3) is 0 Å². The Bertz CT molecular complexity index is 408. The molecule has 1 rings (SSSR count). The van der Waals surface area contributed by atoms with Crippen LogP contribution in [-0.2, 0) is 4.74 Å². The lowest BCUT2D eigenvalue weighted by Gasteiger charge is -2.08. The second-order valence-electron chi connectivity index (χ2n) is 3.83. The van der Waals surface area contributed by atoms with Gasteiger partial charge in [-0.1, -0.05) is 0 Å². The van der Waals surface area contributed by atoms with Gasteiger partial charge in [-0.15, -0.1) is 0 Å².